The number of thioether (sulfide) groups is 2. The number of nitrogens with zero attached hydrogens (tertiary/aromatic N) is 2. The van der Waals surface area contributed by atoms with E-state index < -0.39 is 5.78 Å². The van der Waals surface area contributed by atoms with E-state index in [4.69, 9.17) is 9.47 Å². The molecule has 1 aromatic heterocycles. The Morgan fingerprint density at radius 3 is 1.77 bits per heavy atom. The first-order valence-electron chi connectivity index (χ1n) is 13.9. The van der Waals surface area contributed by atoms with E-state index in [1.54, 1.807) is 30.3 Å². The van der Waals surface area contributed by atoms with Gasteiger partial charge in [-0.15, -0.1) is 0 Å². The van der Waals surface area contributed by atoms with Crippen LogP contribution in [0.25, 0.3) is 0 Å². The first-order chi connectivity index (χ1) is 19.4. The highest BCUT2D eigenvalue weighted by atomic mass is 32.2. The number of carbonyl (C=O) groups excluding carboxylic acids is 3. The van der Waals surface area contributed by atoms with E-state index >= 15 is 0 Å². The second kappa shape index (κ2) is 15.6. The monoisotopic (exact) mass is 580 g/mol. The molecule has 3 rings (SSSR count). The predicted octanol–water partition coefficient (Wildman–Crippen LogP) is 8.14. The van der Waals surface area contributed by atoms with Crippen molar-refractivity contribution in [1.29, 1.82) is 5.26 Å². The quantitative estimate of drug-likeness (QED) is 0.0719. The molecule has 1 aliphatic heterocycles. The Labute approximate surface area is 245 Å². The molecule has 2 unspecified atom stereocenters. The van der Waals surface area contributed by atoms with Crippen molar-refractivity contribution in [3.8, 4) is 17.6 Å². The number of pyridine rings is 1. The highest BCUT2D eigenvalue weighted by Crippen LogP contribution is 2.59. The second-order valence-corrected chi connectivity index (χ2v) is 11.9. The number of unbranched alkanes of at least 4 members (excludes halogenated alkanes) is 2. The number of carbonyl (C=O) groups is 3. The predicted molar refractivity (Wildman–Crippen MR) is 157 cm³/mol. The number of hydrogen-bond acceptors (Lipinski definition) is 9. The minimum absolute atomic E-state index is 0.0665. The lowest BCUT2D eigenvalue weighted by Crippen LogP contribution is -2.21. The summed E-state index contributed by atoms with van der Waals surface area (Å²) < 4.78 is 12.2. The SMILES string of the molecule is CCCCC(CC)C(=O)Oc1ccc(OC(=O)C(CC)CCCC)c2c1SC(=C(C#N)C(=O)c1ccccn1)S2. The van der Waals surface area contributed by atoms with Crippen molar-refractivity contribution in [1.82, 2.24) is 4.98 Å². The molecule has 0 amide bonds. The third kappa shape index (κ3) is 7.76. The molecule has 0 bridgehead atoms. The van der Waals surface area contributed by atoms with Gasteiger partial charge >= 0.3 is 11.9 Å². The summed E-state index contributed by atoms with van der Waals surface area (Å²) in [5.74, 6) is -0.953. The zero-order valence-electron chi connectivity index (χ0n) is 23.5. The van der Waals surface area contributed by atoms with Crippen molar-refractivity contribution in [3.05, 3.63) is 52.0 Å². The molecule has 1 aromatic carbocycles. The van der Waals surface area contributed by atoms with Gasteiger partial charge in [-0.25, -0.2) is 0 Å². The molecule has 0 radical (unpaired) electrons. The fourth-order valence-electron chi connectivity index (χ4n) is 4.26. The van der Waals surface area contributed by atoms with Crippen LogP contribution in [0.3, 0.4) is 0 Å². The Morgan fingerprint density at radius 1 is 0.850 bits per heavy atom. The van der Waals surface area contributed by atoms with Crippen LogP contribution in [-0.4, -0.2) is 22.7 Å². The van der Waals surface area contributed by atoms with Gasteiger partial charge in [-0.2, -0.15) is 5.26 Å². The minimum Gasteiger partial charge on any atom is -0.425 e. The standard InChI is InChI=1S/C31H36N2O5S2/c1-5-9-13-20(7-3)29(35)37-24-16-17-25(38-30(36)21(8-4)14-10-6-2)28-27(24)39-31(40-28)22(19-32)26(34)23-15-11-12-18-33-23/h11-12,15-18,20-21H,5-10,13-14H2,1-4H3. The Morgan fingerprint density at radius 2 is 1.38 bits per heavy atom. The summed E-state index contributed by atoms with van der Waals surface area (Å²) in [6.07, 6.45) is 8.13. The lowest BCUT2D eigenvalue weighted by molar-refractivity contribution is -0.140. The van der Waals surface area contributed by atoms with Crippen LogP contribution in [0.5, 0.6) is 11.5 Å². The van der Waals surface area contributed by atoms with Gasteiger partial charge < -0.3 is 9.47 Å². The van der Waals surface area contributed by atoms with Crippen molar-refractivity contribution < 1.29 is 23.9 Å². The third-order valence-corrected chi connectivity index (χ3v) is 9.38. The molecule has 2 heterocycles. The fraction of sp³-hybridized carbons (Fsp3) is 0.452. The van der Waals surface area contributed by atoms with Gasteiger partial charge in [-0.3, -0.25) is 19.4 Å². The van der Waals surface area contributed by atoms with Crippen molar-refractivity contribution in [2.75, 3.05) is 0 Å². The van der Waals surface area contributed by atoms with Crippen LogP contribution in [0, 0.1) is 23.2 Å². The lowest BCUT2D eigenvalue weighted by atomic mass is 10.00. The molecule has 7 nitrogen and oxygen atoms in total. The highest BCUT2D eigenvalue weighted by Gasteiger charge is 2.33. The maximum atomic E-state index is 13.2. The van der Waals surface area contributed by atoms with Gasteiger partial charge in [0.15, 0.2) is 0 Å². The van der Waals surface area contributed by atoms with Crippen LogP contribution in [0.4, 0.5) is 0 Å². The van der Waals surface area contributed by atoms with Gasteiger partial charge in [0.25, 0.3) is 0 Å². The largest absolute Gasteiger partial charge is 0.425 e. The minimum atomic E-state index is -0.501. The van der Waals surface area contributed by atoms with Crippen LogP contribution in [0.2, 0.25) is 0 Å². The topological polar surface area (TPSA) is 106 Å². The molecular weight excluding hydrogens is 544 g/mol. The zero-order chi connectivity index (χ0) is 29.1. The molecule has 0 saturated heterocycles. The van der Waals surface area contributed by atoms with Gasteiger partial charge in [0, 0.05) is 6.20 Å². The van der Waals surface area contributed by atoms with E-state index in [1.807, 2.05) is 19.9 Å². The van der Waals surface area contributed by atoms with Crippen LogP contribution in [0.1, 0.15) is 89.5 Å². The number of rotatable bonds is 14. The number of aromatic nitrogens is 1. The number of ketones is 1. The number of ether oxygens (including phenoxy) is 2. The first kappa shape index (κ1) is 31.4. The second-order valence-electron chi connectivity index (χ2n) is 9.58. The van der Waals surface area contributed by atoms with E-state index in [9.17, 15) is 19.6 Å². The molecule has 0 spiro atoms. The van der Waals surface area contributed by atoms with E-state index in [1.165, 1.54) is 29.7 Å². The van der Waals surface area contributed by atoms with Gasteiger partial charge in [-0.05, 0) is 49.9 Å². The molecule has 2 aromatic rings. The molecule has 0 aliphatic carbocycles. The summed E-state index contributed by atoms with van der Waals surface area (Å²) >= 11 is 2.34. The molecule has 0 N–H and O–H groups in total. The van der Waals surface area contributed by atoms with Crippen molar-refractivity contribution in [2.45, 2.75) is 88.9 Å². The van der Waals surface area contributed by atoms with Crippen LogP contribution < -0.4 is 9.47 Å². The summed E-state index contributed by atoms with van der Waals surface area (Å²) in [6.45, 7) is 8.09. The van der Waals surface area contributed by atoms with Crippen molar-refractivity contribution in [3.63, 3.8) is 0 Å². The number of benzene rings is 1. The third-order valence-electron chi connectivity index (χ3n) is 6.76. The number of fused-ring (bicyclic) bond motifs is 1. The Balaban J connectivity index is 2.00. The smallest absolute Gasteiger partial charge is 0.314 e. The molecular formula is C31H36N2O5S2. The molecule has 40 heavy (non-hydrogen) atoms. The number of nitriles is 1. The maximum absolute atomic E-state index is 13.2. The molecule has 2 atom stereocenters. The van der Waals surface area contributed by atoms with Gasteiger partial charge in [0.1, 0.15) is 28.8 Å². The summed E-state index contributed by atoms with van der Waals surface area (Å²) in [7, 11) is 0. The highest BCUT2D eigenvalue weighted by molar-refractivity contribution is 8.24. The molecule has 9 heteroatoms. The Hall–Kier alpha value is -3.09. The normalized spacial score (nSPS) is 13.6. The zero-order valence-corrected chi connectivity index (χ0v) is 25.2. The first-order valence-corrected chi connectivity index (χ1v) is 15.6. The number of esters is 2. The number of Topliss-reactive ketones (excluding diaryl/α,β-unsaturated/α-hetero) is 1. The molecule has 212 valence electrons. The van der Waals surface area contributed by atoms with E-state index in [0.717, 1.165) is 38.5 Å². The average molecular weight is 581 g/mol. The summed E-state index contributed by atoms with van der Waals surface area (Å²) in [6, 6.07) is 10.2. The van der Waals surface area contributed by atoms with Gasteiger partial charge in [0.05, 0.1) is 25.9 Å². The van der Waals surface area contributed by atoms with Crippen LogP contribution in [0.15, 0.2) is 56.1 Å². The van der Waals surface area contributed by atoms with E-state index in [2.05, 4.69) is 18.8 Å². The summed E-state index contributed by atoms with van der Waals surface area (Å²) in [5, 5.41) is 9.95. The van der Waals surface area contributed by atoms with E-state index in [-0.39, 0.29) is 35.0 Å². The van der Waals surface area contributed by atoms with Gasteiger partial charge in [0.2, 0.25) is 5.78 Å². The molecule has 0 saturated carbocycles. The van der Waals surface area contributed by atoms with Crippen LogP contribution >= 0.6 is 23.5 Å². The van der Waals surface area contributed by atoms with Crippen molar-refractivity contribution in [2.24, 2.45) is 11.8 Å². The lowest BCUT2D eigenvalue weighted by Gasteiger charge is -2.17. The maximum Gasteiger partial charge on any atom is 0.314 e. The molecule has 0 fully saturated rings. The van der Waals surface area contributed by atoms with E-state index in [0.29, 0.717) is 38.4 Å². The summed E-state index contributed by atoms with van der Waals surface area (Å²) in [4.78, 5) is 44.5. The Bertz CT molecular complexity index is 1230. The van der Waals surface area contributed by atoms with Crippen molar-refractivity contribution >= 4 is 41.2 Å². The van der Waals surface area contributed by atoms with Crippen LogP contribution in [-0.2, 0) is 9.59 Å². The Kier molecular flexibility index (Phi) is 12.3. The fourth-order valence-corrected chi connectivity index (χ4v) is 6.84. The summed E-state index contributed by atoms with van der Waals surface area (Å²) in [5.41, 5.74) is 0.0913. The number of hydrogen-bond donors (Lipinski definition) is 0. The average Bonchev–Trinajstić information content (AvgIpc) is 3.41. The molecule has 1 aliphatic rings. The number of allylic oxidation sites excluding steroid dienone is 1. The van der Waals surface area contributed by atoms with Gasteiger partial charge in [-0.1, -0.05) is 83.0 Å².